The molecule has 3 rings (SSSR count). The number of ether oxygens (including phenoxy) is 1. The number of para-hydroxylation sites is 1. The summed E-state index contributed by atoms with van der Waals surface area (Å²) in [6, 6.07) is 10.1. The molecular weight excluding hydrogens is 328 g/mol. The van der Waals surface area contributed by atoms with Gasteiger partial charge in [0.2, 0.25) is 0 Å². The van der Waals surface area contributed by atoms with Crippen molar-refractivity contribution >= 4 is 38.6 Å². The van der Waals surface area contributed by atoms with Gasteiger partial charge in [-0.2, -0.15) is 4.72 Å². The Morgan fingerprint density at radius 1 is 1.33 bits per heavy atom. The summed E-state index contributed by atoms with van der Waals surface area (Å²) in [7, 11) is -3.63. The van der Waals surface area contributed by atoms with Crippen molar-refractivity contribution < 1.29 is 13.2 Å². The van der Waals surface area contributed by atoms with Gasteiger partial charge in [0.1, 0.15) is 21.6 Å². The molecule has 0 saturated carbocycles. The number of hydrogen-bond donors (Lipinski definition) is 2. The second-order valence-electron chi connectivity index (χ2n) is 4.51. The third kappa shape index (κ3) is 2.80. The number of benzene rings is 1. The number of rotatable bonds is 4. The number of thiocarbonyl (C=S) groups is 1. The Morgan fingerprint density at radius 2 is 2.10 bits per heavy atom. The van der Waals surface area contributed by atoms with Crippen LogP contribution in [0.5, 0.6) is 5.75 Å². The third-order valence-corrected chi connectivity index (χ3v) is 6.52. The van der Waals surface area contributed by atoms with Gasteiger partial charge in [-0.1, -0.05) is 30.4 Å². The summed E-state index contributed by atoms with van der Waals surface area (Å²) in [5.41, 5.74) is 6.34. The second-order valence-corrected chi connectivity index (χ2v) is 7.97. The predicted octanol–water partition coefficient (Wildman–Crippen LogP) is 1.79. The molecule has 1 atom stereocenters. The second kappa shape index (κ2) is 5.38. The van der Waals surface area contributed by atoms with Crippen molar-refractivity contribution in [3.05, 3.63) is 46.8 Å². The van der Waals surface area contributed by atoms with Crippen LogP contribution in [0.25, 0.3) is 0 Å². The Labute approximate surface area is 131 Å². The molecule has 3 N–H and O–H groups in total. The van der Waals surface area contributed by atoms with Crippen LogP contribution >= 0.6 is 23.6 Å². The quantitative estimate of drug-likeness (QED) is 0.830. The first-order chi connectivity index (χ1) is 9.97. The van der Waals surface area contributed by atoms with Crippen molar-refractivity contribution in [1.29, 1.82) is 0 Å². The third-order valence-electron chi connectivity index (χ3n) is 3.09. The molecule has 0 aliphatic carbocycles. The first kappa shape index (κ1) is 14.5. The molecule has 1 aromatic carbocycles. The van der Waals surface area contributed by atoms with Crippen LogP contribution in [-0.4, -0.2) is 20.0 Å². The molecule has 21 heavy (non-hydrogen) atoms. The number of sulfonamides is 1. The summed E-state index contributed by atoms with van der Waals surface area (Å²) in [6.45, 7) is 0.284. The van der Waals surface area contributed by atoms with Crippen LogP contribution in [0.2, 0.25) is 0 Å². The zero-order valence-electron chi connectivity index (χ0n) is 10.8. The molecule has 2 aromatic rings. The van der Waals surface area contributed by atoms with Crippen LogP contribution in [0, 0.1) is 0 Å². The van der Waals surface area contributed by atoms with Gasteiger partial charge in [-0.3, -0.25) is 0 Å². The van der Waals surface area contributed by atoms with E-state index in [1.54, 1.807) is 6.07 Å². The van der Waals surface area contributed by atoms with Crippen molar-refractivity contribution in [2.45, 2.75) is 10.3 Å². The number of nitrogens with two attached hydrogens (primary N) is 1. The van der Waals surface area contributed by atoms with Crippen LogP contribution in [0.4, 0.5) is 0 Å². The number of thiophene rings is 1. The molecule has 1 aliphatic heterocycles. The Morgan fingerprint density at radius 3 is 2.81 bits per heavy atom. The van der Waals surface area contributed by atoms with E-state index in [1.807, 2.05) is 24.3 Å². The van der Waals surface area contributed by atoms with Crippen LogP contribution in [0.3, 0.4) is 0 Å². The van der Waals surface area contributed by atoms with Gasteiger partial charge in [0, 0.05) is 5.56 Å². The van der Waals surface area contributed by atoms with Gasteiger partial charge >= 0.3 is 0 Å². The van der Waals surface area contributed by atoms with E-state index in [2.05, 4.69) is 4.72 Å². The minimum Gasteiger partial charge on any atom is -0.491 e. The largest absolute Gasteiger partial charge is 0.491 e. The fraction of sp³-hybridized carbons (Fsp3) is 0.154. The average Bonchev–Trinajstić information content (AvgIpc) is 3.06. The van der Waals surface area contributed by atoms with Gasteiger partial charge in [-0.05, 0) is 18.2 Å². The lowest BCUT2D eigenvalue weighted by atomic mass is 10.1. The molecule has 0 radical (unpaired) electrons. The Hall–Kier alpha value is -1.48. The molecule has 1 unspecified atom stereocenters. The summed E-state index contributed by atoms with van der Waals surface area (Å²) >= 11 is 5.90. The van der Waals surface area contributed by atoms with Crippen molar-refractivity contribution in [3.8, 4) is 5.75 Å². The van der Waals surface area contributed by atoms with E-state index in [0.29, 0.717) is 10.6 Å². The summed E-state index contributed by atoms with van der Waals surface area (Å²) in [5.74, 6) is 0.709. The Bertz CT molecular complexity index is 798. The molecule has 1 aliphatic rings. The number of nitrogens with one attached hydrogen (secondary N) is 1. The summed E-state index contributed by atoms with van der Waals surface area (Å²) < 4.78 is 33.1. The lowest BCUT2D eigenvalue weighted by molar-refractivity contribution is 0.325. The molecule has 0 saturated heterocycles. The molecule has 8 heteroatoms. The maximum atomic E-state index is 12.4. The average molecular weight is 340 g/mol. The molecule has 0 amide bonds. The minimum absolute atomic E-state index is 0.190. The van der Waals surface area contributed by atoms with Crippen LogP contribution in [0.15, 0.2) is 40.6 Å². The van der Waals surface area contributed by atoms with Gasteiger partial charge < -0.3 is 10.5 Å². The van der Waals surface area contributed by atoms with Crippen molar-refractivity contribution in [3.63, 3.8) is 0 Å². The number of hydrogen-bond acceptors (Lipinski definition) is 5. The highest BCUT2D eigenvalue weighted by Crippen LogP contribution is 2.33. The molecule has 0 bridgehead atoms. The van der Waals surface area contributed by atoms with Gasteiger partial charge in [0.15, 0.2) is 0 Å². The molecule has 0 fully saturated rings. The predicted molar refractivity (Wildman–Crippen MR) is 85.2 cm³/mol. The minimum atomic E-state index is -3.63. The first-order valence-electron chi connectivity index (χ1n) is 6.11. The van der Waals surface area contributed by atoms with Crippen LogP contribution in [-0.2, 0) is 10.0 Å². The van der Waals surface area contributed by atoms with E-state index >= 15 is 0 Å². The van der Waals surface area contributed by atoms with E-state index in [9.17, 15) is 8.42 Å². The topological polar surface area (TPSA) is 81.4 Å². The SMILES string of the molecule is NC(=S)c1ccc(S(=O)(=O)NC2COc3ccccc32)s1. The van der Waals surface area contributed by atoms with E-state index in [4.69, 9.17) is 22.7 Å². The molecule has 110 valence electrons. The lowest BCUT2D eigenvalue weighted by Crippen LogP contribution is -2.29. The standard InChI is InChI=1S/C13H12N2O3S3/c14-13(19)11-5-6-12(20-11)21(16,17)15-9-7-18-10-4-2-1-3-8(9)10/h1-6,9,15H,7H2,(H2,14,19). The summed E-state index contributed by atoms with van der Waals surface area (Å²) in [6.07, 6.45) is 0. The van der Waals surface area contributed by atoms with E-state index in [-0.39, 0.29) is 21.8 Å². The molecule has 1 aromatic heterocycles. The monoisotopic (exact) mass is 340 g/mol. The lowest BCUT2D eigenvalue weighted by Gasteiger charge is -2.11. The summed E-state index contributed by atoms with van der Waals surface area (Å²) in [4.78, 5) is 0.768. The molecular formula is C13H12N2O3S3. The fourth-order valence-corrected chi connectivity index (χ4v) is 4.67. The molecule has 0 spiro atoms. The van der Waals surface area contributed by atoms with Gasteiger partial charge in [0.05, 0.1) is 10.9 Å². The van der Waals surface area contributed by atoms with Crippen LogP contribution in [0.1, 0.15) is 16.5 Å². The zero-order chi connectivity index (χ0) is 15.0. The van der Waals surface area contributed by atoms with Crippen LogP contribution < -0.4 is 15.2 Å². The van der Waals surface area contributed by atoms with E-state index in [0.717, 1.165) is 16.9 Å². The molecule has 2 heterocycles. The van der Waals surface area contributed by atoms with E-state index < -0.39 is 10.0 Å². The maximum Gasteiger partial charge on any atom is 0.250 e. The smallest absolute Gasteiger partial charge is 0.250 e. The van der Waals surface area contributed by atoms with Crippen molar-refractivity contribution in [2.75, 3.05) is 6.61 Å². The Kier molecular flexibility index (Phi) is 3.70. The summed E-state index contributed by atoms with van der Waals surface area (Å²) in [5, 5.41) is 0. The highest BCUT2D eigenvalue weighted by Gasteiger charge is 2.29. The van der Waals surface area contributed by atoms with Gasteiger partial charge in [-0.15, -0.1) is 11.3 Å². The maximum absolute atomic E-state index is 12.4. The molecule has 5 nitrogen and oxygen atoms in total. The highest BCUT2D eigenvalue weighted by molar-refractivity contribution is 7.91. The number of fused-ring (bicyclic) bond motifs is 1. The van der Waals surface area contributed by atoms with Crippen molar-refractivity contribution in [1.82, 2.24) is 4.72 Å². The normalized spacial score (nSPS) is 17.2. The fourth-order valence-electron chi connectivity index (χ4n) is 2.10. The van der Waals surface area contributed by atoms with Gasteiger partial charge in [0.25, 0.3) is 10.0 Å². The van der Waals surface area contributed by atoms with Crippen molar-refractivity contribution in [2.24, 2.45) is 5.73 Å². The highest BCUT2D eigenvalue weighted by atomic mass is 32.2. The van der Waals surface area contributed by atoms with Gasteiger partial charge in [-0.25, -0.2) is 8.42 Å². The Balaban J connectivity index is 1.85. The first-order valence-corrected chi connectivity index (χ1v) is 8.82. The van der Waals surface area contributed by atoms with E-state index in [1.165, 1.54) is 6.07 Å². The zero-order valence-corrected chi connectivity index (χ0v) is 13.2.